The number of nitrogens with zero attached hydrogens (tertiary/aromatic N) is 1. The first kappa shape index (κ1) is 52.5. The fraction of sp³-hybridized carbons (Fsp3) is 0.288. The van der Waals surface area contributed by atoms with Gasteiger partial charge in [-0.15, -0.1) is 0 Å². The van der Waals surface area contributed by atoms with Gasteiger partial charge in [-0.05, 0) is 73.1 Å². The topological polar surface area (TPSA) is 82.1 Å². The Bertz CT molecular complexity index is 2650. The number of thioether (sulfide) groups is 1. The number of rotatable bonds is 19. The lowest BCUT2D eigenvalue weighted by molar-refractivity contribution is -0.148. The van der Waals surface area contributed by atoms with Crippen LogP contribution in [0.3, 0.4) is 0 Å². The van der Waals surface area contributed by atoms with Crippen molar-refractivity contribution in [2.24, 2.45) is 0 Å². The molecule has 6 aromatic carbocycles. The van der Waals surface area contributed by atoms with Crippen LogP contribution in [0.15, 0.2) is 189 Å². The first-order chi connectivity index (χ1) is 33.4. The normalized spacial score (nSPS) is 14.9. The van der Waals surface area contributed by atoms with Gasteiger partial charge < -0.3 is 18.5 Å². The van der Waals surface area contributed by atoms with E-state index in [1.54, 1.807) is 6.08 Å². The first-order valence-corrected chi connectivity index (χ1v) is 31.6. The van der Waals surface area contributed by atoms with Crippen LogP contribution in [0, 0.1) is 0 Å². The van der Waals surface area contributed by atoms with E-state index in [0.717, 1.165) is 38.8 Å². The molecule has 1 aliphatic rings. The van der Waals surface area contributed by atoms with Gasteiger partial charge in [0.15, 0.2) is 13.4 Å². The van der Waals surface area contributed by atoms with Gasteiger partial charge in [0.25, 0.3) is 8.32 Å². The number of amides is 1. The van der Waals surface area contributed by atoms with Crippen molar-refractivity contribution in [2.45, 2.75) is 88.9 Å². The van der Waals surface area contributed by atoms with Gasteiger partial charge in [0.05, 0.1) is 12.5 Å². The molecule has 1 aliphatic heterocycles. The second kappa shape index (κ2) is 22.4. The Labute approximate surface area is 422 Å². The number of hydrogen-bond donors (Lipinski definition) is 0. The molecule has 0 saturated carbocycles. The van der Waals surface area contributed by atoms with Gasteiger partial charge in [0.2, 0.25) is 5.91 Å². The SMILES string of the molecule is C=CC(OC(=O)CN1C[C@H](SC(=O)C(CCO[Si](C)(C)C(C)(C)C)c2ccccc2CO[Si](c2ccccc2)(c2ccccc2)C(C)(C)C)C1=O)=P(c1ccccc1)(c1ccccc1)c1ccccc1. The molecule has 70 heavy (non-hydrogen) atoms. The highest BCUT2D eigenvalue weighted by Crippen LogP contribution is 2.47. The molecule has 1 amide bonds. The van der Waals surface area contributed by atoms with E-state index in [1.165, 1.54) is 15.3 Å². The van der Waals surface area contributed by atoms with Crippen molar-refractivity contribution in [3.8, 4) is 0 Å². The third kappa shape index (κ3) is 11.1. The summed E-state index contributed by atoms with van der Waals surface area (Å²) in [6.45, 7) is 20.0. The highest BCUT2D eigenvalue weighted by molar-refractivity contribution is 8.14. The second-order valence-electron chi connectivity index (χ2n) is 20.4. The number of esters is 1. The third-order valence-electron chi connectivity index (χ3n) is 14.0. The average Bonchev–Trinajstić information content (AvgIpc) is 3.36. The standard InChI is InChI=1S/C59H68NO6PSSi2/c1-10-55(67(46-29-16-11-17-30-46,47-31-18-12-19-32-47)48-33-20-13-21-34-48)66-54(61)43-60-42-53(56(60)62)68-57(63)52(40-41-64-69(8,9)58(2,3)4)51-39-27-26-28-45(51)44-65-70(59(5,6)7,49-35-22-14-23-36-49)50-37-24-15-25-38-50/h10-39,52-53H,1,40-44H2,2-9H3/t52?,53-/m0/s1. The number of β-lactam (4-membered cyclic amide) rings is 1. The van der Waals surface area contributed by atoms with Gasteiger partial charge in [-0.3, -0.25) is 9.59 Å². The molecule has 0 radical (unpaired) electrons. The Kier molecular flexibility index (Phi) is 16.8. The van der Waals surface area contributed by atoms with E-state index in [9.17, 15) is 14.4 Å². The molecule has 0 spiro atoms. The molecule has 6 aromatic rings. The smallest absolute Gasteiger partial charge is 0.331 e. The summed E-state index contributed by atoms with van der Waals surface area (Å²) < 4.78 is 20.5. The summed E-state index contributed by atoms with van der Waals surface area (Å²) in [6, 6.07) is 59.5. The highest BCUT2D eigenvalue weighted by atomic mass is 32.2. The number of carbonyl (C=O) groups is 3. The predicted molar refractivity (Wildman–Crippen MR) is 299 cm³/mol. The fourth-order valence-electron chi connectivity index (χ4n) is 9.25. The molecule has 1 saturated heterocycles. The maximum absolute atomic E-state index is 14.8. The van der Waals surface area contributed by atoms with Crippen LogP contribution < -0.4 is 26.3 Å². The summed E-state index contributed by atoms with van der Waals surface area (Å²) in [5, 5.41) is 4.37. The van der Waals surface area contributed by atoms with E-state index in [1.807, 2.05) is 84.9 Å². The molecule has 1 unspecified atom stereocenters. The summed E-state index contributed by atoms with van der Waals surface area (Å²) in [5.74, 6) is -1.41. The van der Waals surface area contributed by atoms with Crippen LogP contribution in [-0.2, 0) is 34.6 Å². The van der Waals surface area contributed by atoms with Crippen molar-refractivity contribution in [1.29, 1.82) is 0 Å². The molecule has 7 rings (SSSR count). The predicted octanol–water partition coefficient (Wildman–Crippen LogP) is 10.6. The van der Waals surface area contributed by atoms with Crippen LogP contribution in [0.5, 0.6) is 0 Å². The molecular formula is C59H68NO6PSSi2. The second-order valence-corrected chi connectivity index (χ2v) is 34.1. The molecule has 364 valence electrons. The molecule has 0 aliphatic carbocycles. The minimum Gasteiger partial charge on any atom is -0.424 e. The monoisotopic (exact) mass is 1010 g/mol. The average molecular weight is 1010 g/mol. The molecule has 0 N–H and O–H groups in total. The van der Waals surface area contributed by atoms with Gasteiger partial charge in [0, 0.05) is 20.0 Å². The maximum atomic E-state index is 14.8. The van der Waals surface area contributed by atoms with Gasteiger partial charge in [-0.2, -0.15) is 0 Å². The lowest BCUT2D eigenvalue weighted by atomic mass is 9.93. The van der Waals surface area contributed by atoms with Crippen molar-refractivity contribution in [1.82, 2.24) is 4.90 Å². The van der Waals surface area contributed by atoms with E-state index in [4.69, 9.17) is 13.6 Å². The van der Waals surface area contributed by atoms with Crippen LogP contribution >= 0.6 is 18.6 Å². The van der Waals surface area contributed by atoms with E-state index >= 15 is 0 Å². The third-order valence-corrected chi connectivity index (χ3v) is 28.8. The van der Waals surface area contributed by atoms with Crippen LogP contribution in [0.1, 0.15) is 65.0 Å². The number of likely N-dealkylation sites (tertiary alicyclic amines) is 1. The minimum atomic E-state index is -2.92. The number of benzene rings is 6. The van der Waals surface area contributed by atoms with E-state index in [0.29, 0.717) is 25.1 Å². The van der Waals surface area contributed by atoms with Crippen molar-refractivity contribution in [2.75, 3.05) is 19.7 Å². The fourth-order valence-corrected chi connectivity index (χ4v) is 20.1. The van der Waals surface area contributed by atoms with Crippen molar-refractivity contribution in [3.63, 3.8) is 0 Å². The van der Waals surface area contributed by atoms with E-state index < -0.39 is 40.7 Å². The highest BCUT2D eigenvalue weighted by Gasteiger charge is 2.50. The summed E-state index contributed by atoms with van der Waals surface area (Å²) in [6.07, 6.45) is 2.08. The summed E-state index contributed by atoms with van der Waals surface area (Å²) in [4.78, 5) is 44.4. The van der Waals surface area contributed by atoms with Gasteiger partial charge in [-0.1, -0.05) is 236 Å². The number of ether oxygens (including phenoxy) is 1. The van der Waals surface area contributed by atoms with Crippen LogP contribution in [0.25, 0.3) is 0 Å². The quantitative estimate of drug-likeness (QED) is 0.0346. The summed E-state index contributed by atoms with van der Waals surface area (Å²) in [5.41, 5.74) is 2.25. The first-order valence-electron chi connectivity index (χ1n) is 24.2. The Morgan fingerprint density at radius 1 is 0.686 bits per heavy atom. The summed E-state index contributed by atoms with van der Waals surface area (Å²) >= 11 is 1.06. The molecule has 0 aromatic heterocycles. The molecule has 0 bridgehead atoms. The van der Waals surface area contributed by atoms with Crippen molar-refractivity contribution in [3.05, 3.63) is 200 Å². The van der Waals surface area contributed by atoms with Crippen molar-refractivity contribution < 1.29 is 28.0 Å². The van der Waals surface area contributed by atoms with Gasteiger partial charge in [0.1, 0.15) is 17.3 Å². The molecule has 7 nitrogen and oxygen atoms in total. The Hall–Kier alpha value is -5.33. The summed E-state index contributed by atoms with van der Waals surface area (Å²) in [7, 11) is -5.07. The van der Waals surface area contributed by atoms with Crippen LogP contribution in [0.2, 0.25) is 23.2 Å². The zero-order valence-corrected chi connectivity index (χ0v) is 45.7. The number of carbonyl (C=O) groups excluding carboxylic acids is 3. The zero-order chi connectivity index (χ0) is 50.2. The zero-order valence-electron chi connectivity index (χ0n) is 42.0. The Morgan fingerprint density at radius 3 is 1.59 bits per heavy atom. The van der Waals surface area contributed by atoms with E-state index in [-0.39, 0.29) is 34.2 Å². The van der Waals surface area contributed by atoms with Gasteiger partial charge in [-0.25, -0.2) is 4.79 Å². The lowest BCUT2D eigenvalue weighted by Crippen LogP contribution is -2.66. The Morgan fingerprint density at radius 2 is 1.14 bits per heavy atom. The maximum Gasteiger partial charge on any atom is 0.331 e. The lowest BCUT2D eigenvalue weighted by Gasteiger charge is -2.43. The largest absolute Gasteiger partial charge is 0.424 e. The van der Waals surface area contributed by atoms with Crippen molar-refractivity contribution >= 4 is 84.0 Å². The van der Waals surface area contributed by atoms with E-state index in [2.05, 4.69) is 152 Å². The Balaban J connectivity index is 1.14. The molecule has 2 atom stereocenters. The molecule has 1 heterocycles. The molecular weight excluding hydrogens is 938 g/mol. The van der Waals surface area contributed by atoms with Gasteiger partial charge >= 0.3 is 5.97 Å². The van der Waals surface area contributed by atoms with Crippen LogP contribution in [-0.4, -0.2) is 69.0 Å². The van der Waals surface area contributed by atoms with Crippen LogP contribution in [0.4, 0.5) is 0 Å². The molecule has 11 heteroatoms. The minimum absolute atomic E-state index is 0.0101. The number of hydrogen-bond acceptors (Lipinski definition) is 7. The molecule has 1 fully saturated rings.